The molecule has 5 rings (SSSR count). The van der Waals surface area contributed by atoms with Gasteiger partial charge in [-0.15, -0.1) is 23.1 Å². The van der Waals surface area contributed by atoms with Crippen LogP contribution in [0.2, 0.25) is 0 Å². The number of nitrogens with zero attached hydrogens (tertiary/aromatic N) is 5. The van der Waals surface area contributed by atoms with Gasteiger partial charge in [0, 0.05) is 22.8 Å². The Balaban J connectivity index is 0.00000353. The van der Waals surface area contributed by atoms with Crippen LogP contribution in [0.15, 0.2) is 58.6 Å². The number of rotatable bonds is 9. The normalized spacial score (nSPS) is 18.7. The Labute approximate surface area is 250 Å². The Morgan fingerprint density at radius 3 is 2.77 bits per heavy atom. The van der Waals surface area contributed by atoms with Crippen molar-refractivity contribution < 1.29 is 38.6 Å². The van der Waals surface area contributed by atoms with E-state index in [1.165, 1.54) is 22.0 Å². The summed E-state index contributed by atoms with van der Waals surface area (Å²) in [4.78, 5) is 58.9. The van der Waals surface area contributed by atoms with Gasteiger partial charge in [-0.1, -0.05) is 11.2 Å². The second-order valence-corrected chi connectivity index (χ2v) is 10.2. The molecular weight excluding hydrogens is 561 g/mol. The molecule has 14 nitrogen and oxygen atoms in total. The molecule has 3 aromatic rings. The molecule has 5 heterocycles. The van der Waals surface area contributed by atoms with E-state index in [-0.39, 0.29) is 58.3 Å². The van der Waals surface area contributed by atoms with Gasteiger partial charge in [0.15, 0.2) is 10.8 Å². The number of thioether (sulfide) groups is 1. The first-order valence-electron chi connectivity index (χ1n) is 11.0. The van der Waals surface area contributed by atoms with Gasteiger partial charge < -0.3 is 26.1 Å². The fourth-order valence-electron chi connectivity index (χ4n) is 4.15. The summed E-state index contributed by atoms with van der Waals surface area (Å²) < 4.78 is 3.79. The molecule has 2 aliphatic rings. The van der Waals surface area contributed by atoms with Gasteiger partial charge in [0.25, 0.3) is 17.5 Å². The van der Waals surface area contributed by atoms with Crippen molar-refractivity contribution >= 4 is 92.9 Å². The number of β-lactam (4-membered cyclic amide) rings is 1. The predicted octanol–water partition coefficient (Wildman–Crippen LogP) is -1.14. The molecule has 2 atom stereocenters. The van der Waals surface area contributed by atoms with Crippen LogP contribution in [0.3, 0.4) is 0 Å². The Kier molecular flexibility index (Phi) is 8.60. The zero-order chi connectivity index (χ0) is 27.0. The number of carboxylic acid groups (broad SMARTS) is 2. The van der Waals surface area contributed by atoms with Crippen LogP contribution in [0.25, 0.3) is 5.65 Å². The van der Waals surface area contributed by atoms with Crippen LogP contribution >= 0.6 is 23.1 Å². The molecule has 17 heteroatoms. The third kappa shape index (κ3) is 5.65. The summed E-state index contributed by atoms with van der Waals surface area (Å²) >= 11 is 2.36. The van der Waals surface area contributed by atoms with E-state index in [0.29, 0.717) is 11.3 Å². The van der Waals surface area contributed by atoms with Crippen LogP contribution in [0.1, 0.15) is 5.69 Å². The summed E-state index contributed by atoms with van der Waals surface area (Å²) in [5.74, 6) is -3.66. The first-order chi connectivity index (χ1) is 18.2. The average Bonchev–Trinajstić information content (AvgIpc) is 3.50. The second kappa shape index (κ2) is 11.7. The van der Waals surface area contributed by atoms with Crippen LogP contribution in [-0.4, -0.2) is 107 Å². The molecule has 0 bridgehead atoms. The SMILES string of the molecule is Nc1nc(/C(=N\OCC(=O)O)C(=O)N[C@@H]2C(=O)N3C(C(=O)O)=C(Cn4cc[n+]5ccccc45)CS[C@H]23)cs1.[NaH]. The van der Waals surface area contributed by atoms with Crippen LogP contribution in [0.5, 0.6) is 0 Å². The van der Waals surface area contributed by atoms with E-state index in [9.17, 15) is 24.3 Å². The van der Waals surface area contributed by atoms with Crippen molar-refractivity contribution in [3.8, 4) is 0 Å². The Morgan fingerprint density at radius 2 is 2.08 bits per heavy atom. The molecule has 0 spiro atoms. The molecule has 198 valence electrons. The second-order valence-electron chi connectivity index (χ2n) is 8.19. The number of amides is 2. The zero-order valence-electron chi connectivity index (χ0n) is 19.4. The number of aliphatic carboxylic acids is 2. The summed E-state index contributed by atoms with van der Waals surface area (Å²) in [7, 11) is 0. The van der Waals surface area contributed by atoms with E-state index < -0.39 is 41.8 Å². The van der Waals surface area contributed by atoms with Crippen LogP contribution in [-0.2, 0) is 30.6 Å². The molecule has 1 fully saturated rings. The van der Waals surface area contributed by atoms with E-state index in [2.05, 4.69) is 15.5 Å². The monoisotopic (exact) mass is 582 g/mol. The van der Waals surface area contributed by atoms with Crippen molar-refractivity contribution in [3.63, 3.8) is 0 Å². The van der Waals surface area contributed by atoms with E-state index in [1.54, 1.807) is 0 Å². The number of thiazole rings is 1. The minimum atomic E-state index is -1.30. The Hall–Kier alpha value is -3.44. The standard InChI is InChI=1S/C22H19N7O7S2.Na.H/c23-22-24-12(10-38-22)15(26-36-8-14(30)31)18(32)25-16-19(33)29-17(21(34)35)11(9-37-20(16)29)7-28-6-5-27-4-2-1-3-13(27)28;;/h1-6,10,16,20H,7-9H2,(H4-,23,24,25,30,31,32,34,35);;/p+1/b26-15+;;/t16-,20-;;/m1../s1. The molecule has 0 radical (unpaired) electrons. The number of nitrogens with one attached hydrogen (secondary N) is 1. The van der Waals surface area contributed by atoms with Gasteiger partial charge in [0.1, 0.15) is 41.7 Å². The fraction of sp³-hybridized carbons (Fsp3) is 0.227. The molecule has 0 aliphatic carbocycles. The summed E-state index contributed by atoms with van der Waals surface area (Å²) in [5.41, 5.74) is 6.62. The first kappa shape index (κ1) is 28.6. The van der Waals surface area contributed by atoms with Gasteiger partial charge in [-0.05, 0) is 6.07 Å². The number of aromatic nitrogens is 3. The minimum absolute atomic E-state index is 0. The number of nitrogens with two attached hydrogens (primary N) is 1. The molecule has 1 saturated heterocycles. The van der Waals surface area contributed by atoms with Crippen molar-refractivity contribution in [1.29, 1.82) is 0 Å². The molecule has 2 amide bonds. The number of imidazole rings is 1. The number of carboxylic acids is 2. The summed E-state index contributed by atoms with van der Waals surface area (Å²) in [6, 6.07) is 4.62. The number of hydrogen-bond donors (Lipinski definition) is 4. The number of hydrogen-bond acceptors (Lipinski definition) is 10. The maximum atomic E-state index is 13.1. The number of carbonyl (C=O) groups is 4. The molecule has 3 aromatic heterocycles. The topological polar surface area (TPSA) is 194 Å². The summed E-state index contributed by atoms with van der Waals surface area (Å²) in [5, 5.41) is 25.8. The molecule has 0 saturated carbocycles. The van der Waals surface area contributed by atoms with E-state index in [1.807, 2.05) is 45.8 Å². The fourth-order valence-corrected chi connectivity index (χ4v) is 6.03. The van der Waals surface area contributed by atoms with Gasteiger partial charge >= 0.3 is 41.5 Å². The molecule has 2 aliphatic heterocycles. The molecular formula is C22H21N7NaO7S2+. The molecule has 5 N–H and O–H groups in total. The first-order valence-corrected chi connectivity index (χ1v) is 13.0. The third-order valence-electron chi connectivity index (χ3n) is 5.79. The summed E-state index contributed by atoms with van der Waals surface area (Å²) in [6.07, 6.45) is 5.56. The van der Waals surface area contributed by atoms with Crippen LogP contribution in [0.4, 0.5) is 5.13 Å². The number of anilines is 1. The van der Waals surface area contributed by atoms with Gasteiger partial charge in [-0.3, -0.25) is 14.5 Å². The van der Waals surface area contributed by atoms with Gasteiger partial charge in [0.2, 0.25) is 6.61 Å². The van der Waals surface area contributed by atoms with Gasteiger partial charge in [-0.25, -0.2) is 23.5 Å². The van der Waals surface area contributed by atoms with E-state index >= 15 is 0 Å². The average molecular weight is 583 g/mol. The maximum absolute atomic E-state index is 13.1. The quantitative estimate of drug-likeness (QED) is 0.0788. The van der Waals surface area contributed by atoms with Crippen LogP contribution in [0, 0.1) is 0 Å². The van der Waals surface area contributed by atoms with Crippen molar-refractivity contribution in [3.05, 3.63) is 59.1 Å². The van der Waals surface area contributed by atoms with E-state index in [0.717, 1.165) is 17.0 Å². The number of oxime groups is 1. The number of carbonyl (C=O) groups excluding carboxylic acids is 2. The molecule has 0 unspecified atom stereocenters. The van der Waals surface area contributed by atoms with Gasteiger partial charge in [0.05, 0.1) is 6.20 Å². The zero-order valence-corrected chi connectivity index (χ0v) is 21.0. The molecule has 0 aromatic carbocycles. The Bertz CT molecular complexity index is 1540. The number of nitrogen functional groups attached to an aromatic ring is 1. The van der Waals surface area contributed by atoms with E-state index in [4.69, 9.17) is 15.7 Å². The van der Waals surface area contributed by atoms with Crippen molar-refractivity contribution in [2.75, 3.05) is 18.1 Å². The molecule has 39 heavy (non-hydrogen) atoms. The summed E-state index contributed by atoms with van der Waals surface area (Å²) in [6.45, 7) is -0.526. The van der Waals surface area contributed by atoms with Gasteiger partial charge in [-0.2, -0.15) is 0 Å². The van der Waals surface area contributed by atoms with Crippen LogP contribution < -0.4 is 15.5 Å². The van der Waals surface area contributed by atoms with Crippen molar-refractivity contribution in [2.45, 2.75) is 18.0 Å². The van der Waals surface area contributed by atoms with Crippen molar-refractivity contribution in [1.82, 2.24) is 19.8 Å². The Morgan fingerprint density at radius 1 is 1.28 bits per heavy atom. The third-order valence-corrected chi connectivity index (χ3v) is 7.80. The van der Waals surface area contributed by atoms with Crippen molar-refractivity contribution in [2.24, 2.45) is 5.16 Å². The number of fused-ring (bicyclic) bond motifs is 2. The predicted molar refractivity (Wildman–Crippen MR) is 141 cm³/mol. The number of pyridine rings is 1.